The van der Waals surface area contributed by atoms with E-state index in [1.807, 2.05) is 33.3 Å². The molecule has 9 nitrogen and oxygen atoms in total. The van der Waals surface area contributed by atoms with Gasteiger partial charge in [0, 0.05) is 12.8 Å². The number of esters is 1. The fourth-order valence-corrected chi connectivity index (χ4v) is 9.60. The summed E-state index contributed by atoms with van der Waals surface area (Å²) >= 11 is 0. The number of allylic oxidation sites excluding steroid dienone is 7. The van der Waals surface area contributed by atoms with Crippen LogP contribution >= 0.6 is 7.82 Å². The second-order valence-corrected chi connectivity index (χ2v) is 23.3. The highest BCUT2D eigenvalue weighted by Crippen LogP contribution is 2.38. The number of carbonyl (C=O) groups excluding carboxylic acids is 2. The highest BCUT2D eigenvalue weighted by Gasteiger charge is 2.27. The molecule has 0 fully saturated rings. The van der Waals surface area contributed by atoms with Gasteiger partial charge in [0.05, 0.1) is 33.8 Å². The van der Waals surface area contributed by atoms with Crippen LogP contribution in [0.4, 0.5) is 0 Å². The van der Waals surface area contributed by atoms with E-state index in [1.54, 1.807) is 0 Å². The van der Waals surface area contributed by atoms with Crippen LogP contribution in [0.3, 0.4) is 0 Å². The maximum atomic E-state index is 13.5. The minimum absolute atomic E-state index is 0.0249. The van der Waals surface area contributed by atoms with Crippen molar-refractivity contribution >= 4 is 19.7 Å². The van der Waals surface area contributed by atoms with Crippen LogP contribution in [-0.4, -0.2) is 69.4 Å². The van der Waals surface area contributed by atoms with E-state index in [9.17, 15) is 19.0 Å². The molecular weight excluding hydrogens is 916 g/mol. The molecule has 1 amide bonds. The number of ether oxygens (including phenoxy) is 1. The number of likely N-dealkylation sites (N-methyl/N-ethyl adjacent to an activating group) is 1. The number of phosphoric acid groups is 1. The molecule has 0 aliphatic carbocycles. The molecular formula is C62H117N2O7P. The number of phosphoric ester groups is 1. The molecule has 0 rings (SSSR count). The minimum atomic E-state index is -4.70. The fourth-order valence-electron chi connectivity index (χ4n) is 8.88. The van der Waals surface area contributed by atoms with Crippen molar-refractivity contribution in [3.63, 3.8) is 0 Å². The van der Waals surface area contributed by atoms with Crippen LogP contribution < -0.4 is 10.2 Å². The van der Waals surface area contributed by atoms with Gasteiger partial charge in [0.2, 0.25) is 5.91 Å². The lowest BCUT2D eigenvalue weighted by atomic mass is 10.0. The summed E-state index contributed by atoms with van der Waals surface area (Å²) in [6, 6.07) is -0.893. The van der Waals surface area contributed by atoms with Crippen molar-refractivity contribution in [3.8, 4) is 0 Å². The monoisotopic (exact) mass is 1030 g/mol. The number of quaternary nitrogens is 1. The molecule has 72 heavy (non-hydrogen) atoms. The van der Waals surface area contributed by atoms with E-state index in [1.165, 1.54) is 167 Å². The first-order chi connectivity index (χ1) is 34.9. The number of amides is 1. The fraction of sp³-hybridized carbons (Fsp3) is 0.839. The third-order valence-corrected chi connectivity index (χ3v) is 14.5. The molecule has 0 aromatic heterocycles. The normalized spacial score (nSPS) is 14.0. The van der Waals surface area contributed by atoms with Gasteiger partial charge in [0.25, 0.3) is 7.82 Å². The standard InChI is InChI=1S/C62H117N2O7P/c1-7-10-13-16-19-22-25-28-29-30-31-32-33-34-35-37-39-42-45-48-51-54-61(65)63-59(58-70-72(67,68)69-57-56-64(4,5)6)60(53-50-47-44-41-38-27-24-21-18-15-12-9-3)71-62(66)55-52-49-46-43-40-36-26-23-20-17-14-11-8-2/h11,14,17,20,23,26,50,53,59-60H,7-10,12-13,15-16,18-19,21-22,24-25,27-49,51-52,54-58H2,1-6H3,(H-,63,65,67,68)/b14-11+,20-17+,26-23-,53-50+. The number of rotatable bonds is 55. The van der Waals surface area contributed by atoms with Gasteiger partial charge in [-0.15, -0.1) is 0 Å². The molecule has 0 saturated heterocycles. The van der Waals surface area contributed by atoms with E-state index in [4.69, 9.17) is 13.8 Å². The molecule has 3 unspecified atom stereocenters. The molecule has 0 saturated carbocycles. The third kappa shape index (κ3) is 52.8. The zero-order chi connectivity index (χ0) is 52.9. The van der Waals surface area contributed by atoms with Crippen LogP contribution in [0, 0.1) is 0 Å². The Morgan fingerprint density at radius 2 is 0.889 bits per heavy atom. The van der Waals surface area contributed by atoms with Gasteiger partial charge < -0.3 is 28.5 Å². The predicted octanol–water partition coefficient (Wildman–Crippen LogP) is 17.9. The van der Waals surface area contributed by atoms with Gasteiger partial charge in [-0.25, -0.2) is 0 Å². The molecule has 0 aliphatic rings. The number of nitrogens with one attached hydrogen (secondary N) is 1. The Morgan fingerprint density at radius 3 is 1.32 bits per heavy atom. The van der Waals surface area contributed by atoms with Gasteiger partial charge in [-0.05, 0) is 51.0 Å². The van der Waals surface area contributed by atoms with Gasteiger partial charge in [-0.3, -0.25) is 14.2 Å². The molecule has 0 spiro atoms. The van der Waals surface area contributed by atoms with Crippen LogP contribution in [0.5, 0.6) is 0 Å². The summed E-state index contributed by atoms with van der Waals surface area (Å²) in [5, 5.41) is 3.02. The second-order valence-electron chi connectivity index (χ2n) is 21.9. The lowest BCUT2D eigenvalue weighted by Crippen LogP contribution is -2.47. The summed E-state index contributed by atoms with van der Waals surface area (Å²) in [6.45, 7) is 6.72. The Bertz CT molecular complexity index is 1380. The van der Waals surface area contributed by atoms with Crippen LogP contribution in [0.2, 0.25) is 0 Å². The largest absolute Gasteiger partial charge is 0.756 e. The van der Waals surface area contributed by atoms with Crippen molar-refractivity contribution in [2.45, 2.75) is 296 Å². The predicted molar refractivity (Wildman–Crippen MR) is 307 cm³/mol. The number of hydrogen-bond donors (Lipinski definition) is 1. The van der Waals surface area contributed by atoms with Crippen molar-refractivity contribution in [2.75, 3.05) is 40.9 Å². The van der Waals surface area contributed by atoms with E-state index in [0.717, 1.165) is 77.0 Å². The van der Waals surface area contributed by atoms with Crippen molar-refractivity contribution in [1.29, 1.82) is 0 Å². The molecule has 0 heterocycles. The van der Waals surface area contributed by atoms with Crippen LogP contribution in [0.15, 0.2) is 48.6 Å². The molecule has 422 valence electrons. The highest BCUT2D eigenvalue weighted by molar-refractivity contribution is 7.45. The quantitative estimate of drug-likeness (QED) is 0.0161. The molecule has 0 aliphatic heterocycles. The number of unbranched alkanes of at least 4 members (excludes halogenated alkanes) is 35. The number of hydrogen-bond acceptors (Lipinski definition) is 7. The number of nitrogens with zero attached hydrogens (tertiary/aromatic N) is 1. The summed E-state index contributed by atoms with van der Waals surface area (Å²) in [5.41, 5.74) is 0. The Hall–Kier alpha value is -2.03. The Balaban J connectivity index is 5.19. The third-order valence-electron chi connectivity index (χ3n) is 13.6. The molecule has 0 bridgehead atoms. The van der Waals surface area contributed by atoms with E-state index in [-0.39, 0.29) is 24.9 Å². The average molecular weight is 1030 g/mol. The van der Waals surface area contributed by atoms with Crippen LogP contribution in [0.1, 0.15) is 284 Å². The lowest BCUT2D eigenvalue weighted by molar-refractivity contribution is -0.870. The van der Waals surface area contributed by atoms with E-state index >= 15 is 0 Å². The average Bonchev–Trinajstić information content (AvgIpc) is 3.34. The zero-order valence-corrected chi connectivity index (χ0v) is 49.0. The Morgan fingerprint density at radius 1 is 0.500 bits per heavy atom. The van der Waals surface area contributed by atoms with Crippen molar-refractivity contribution in [1.82, 2.24) is 5.32 Å². The SMILES string of the molecule is CC/C=C/C=C/C=C\CCCCCCCC(=O)OC(/C=C/CCCCCCCCCCCC)C(COP(=O)([O-])OCC[N+](C)(C)C)NC(=O)CCCCCCCCCCCCCCCCCCCCCCC. The van der Waals surface area contributed by atoms with Gasteiger partial charge in [-0.2, -0.15) is 0 Å². The van der Waals surface area contributed by atoms with Gasteiger partial charge in [-0.1, -0.05) is 269 Å². The van der Waals surface area contributed by atoms with Gasteiger partial charge in [0.15, 0.2) is 0 Å². The summed E-state index contributed by atoms with van der Waals surface area (Å²) in [5.74, 6) is -0.556. The molecule has 0 aromatic rings. The second kappa shape index (κ2) is 52.4. The molecule has 1 N–H and O–H groups in total. The summed E-state index contributed by atoms with van der Waals surface area (Å²) in [6.07, 6.45) is 63.7. The first kappa shape index (κ1) is 70.0. The zero-order valence-electron chi connectivity index (χ0n) is 48.1. The smallest absolute Gasteiger partial charge is 0.306 e. The topological polar surface area (TPSA) is 114 Å². The lowest BCUT2D eigenvalue weighted by Gasteiger charge is -2.30. The molecule has 0 radical (unpaired) electrons. The van der Waals surface area contributed by atoms with Crippen LogP contribution in [-0.2, 0) is 27.9 Å². The minimum Gasteiger partial charge on any atom is -0.756 e. The van der Waals surface area contributed by atoms with Gasteiger partial charge >= 0.3 is 5.97 Å². The summed E-state index contributed by atoms with van der Waals surface area (Å²) < 4.78 is 30.3. The maximum Gasteiger partial charge on any atom is 0.306 e. The summed E-state index contributed by atoms with van der Waals surface area (Å²) in [4.78, 5) is 39.9. The van der Waals surface area contributed by atoms with E-state index in [0.29, 0.717) is 23.9 Å². The van der Waals surface area contributed by atoms with E-state index in [2.05, 4.69) is 62.5 Å². The first-order valence-corrected chi connectivity index (χ1v) is 31.9. The first-order valence-electron chi connectivity index (χ1n) is 30.5. The van der Waals surface area contributed by atoms with E-state index < -0.39 is 26.6 Å². The Labute approximate surface area is 446 Å². The molecule has 10 heteroatoms. The van der Waals surface area contributed by atoms with Crippen molar-refractivity contribution in [2.24, 2.45) is 0 Å². The molecule has 3 atom stereocenters. The maximum absolute atomic E-state index is 13.5. The summed E-state index contributed by atoms with van der Waals surface area (Å²) in [7, 11) is 1.18. The van der Waals surface area contributed by atoms with Crippen molar-refractivity contribution < 1.29 is 37.3 Å². The van der Waals surface area contributed by atoms with Gasteiger partial charge in [0.1, 0.15) is 19.3 Å². The van der Waals surface area contributed by atoms with Crippen molar-refractivity contribution in [3.05, 3.63) is 48.6 Å². The Kier molecular flexibility index (Phi) is 50.9. The highest BCUT2D eigenvalue weighted by atomic mass is 31.2. The molecule has 0 aromatic carbocycles. The van der Waals surface area contributed by atoms with Crippen LogP contribution in [0.25, 0.3) is 0 Å². The number of carbonyl (C=O) groups is 2.